The van der Waals surface area contributed by atoms with Crippen LogP contribution in [-0.4, -0.2) is 5.78 Å². The van der Waals surface area contributed by atoms with Crippen LogP contribution in [0.5, 0.6) is 0 Å². The molecule has 0 saturated heterocycles. The maximum Gasteiger partial charge on any atom is 0.159 e. The minimum atomic E-state index is 0.125. The molecule has 1 heteroatoms. The lowest BCUT2D eigenvalue weighted by atomic mass is 10.1. The maximum absolute atomic E-state index is 10.8. The summed E-state index contributed by atoms with van der Waals surface area (Å²) in [5, 5.41) is 0. The molecule has 0 N–H and O–H groups in total. The zero-order chi connectivity index (χ0) is 12.7. The molecule has 0 bridgehead atoms. The van der Waals surface area contributed by atoms with Crippen LogP contribution >= 0.6 is 0 Å². The largest absolute Gasteiger partial charge is 0.295 e. The summed E-state index contributed by atoms with van der Waals surface area (Å²) in [6.07, 6.45) is 0. The molecule has 17 heavy (non-hydrogen) atoms. The maximum atomic E-state index is 10.8. The van der Waals surface area contributed by atoms with E-state index < -0.39 is 0 Å². The predicted octanol–water partition coefficient (Wildman–Crippen LogP) is 3.99. The highest BCUT2D eigenvalue weighted by molar-refractivity contribution is 5.93. The Labute approximate surface area is 103 Å². The predicted molar refractivity (Wildman–Crippen MR) is 71.2 cm³/mol. The highest BCUT2D eigenvalue weighted by Gasteiger charge is 1.95. The molecule has 0 heterocycles. The lowest BCUT2D eigenvalue weighted by Crippen LogP contribution is -1.90. The van der Waals surface area contributed by atoms with Crippen molar-refractivity contribution in [2.45, 2.75) is 20.8 Å². The highest BCUT2D eigenvalue weighted by Crippen LogP contribution is 2.02. The fourth-order valence-electron chi connectivity index (χ4n) is 1.26. The molecule has 0 spiro atoms. The zero-order valence-corrected chi connectivity index (χ0v) is 10.5. The second-order valence-corrected chi connectivity index (χ2v) is 4.00. The van der Waals surface area contributed by atoms with Crippen molar-refractivity contribution >= 4 is 5.78 Å². The van der Waals surface area contributed by atoms with Gasteiger partial charge in [-0.25, -0.2) is 0 Å². The summed E-state index contributed by atoms with van der Waals surface area (Å²) in [6.45, 7) is 5.64. The number of ketones is 1. The van der Waals surface area contributed by atoms with E-state index in [0.717, 1.165) is 5.56 Å². The molecule has 0 aromatic heterocycles. The van der Waals surface area contributed by atoms with E-state index in [-0.39, 0.29) is 5.78 Å². The van der Waals surface area contributed by atoms with Gasteiger partial charge in [0.05, 0.1) is 0 Å². The van der Waals surface area contributed by atoms with Gasteiger partial charge in [-0.1, -0.05) is 59.7 Å². The number of hydrogen-bond donors (Lipinski definition) is 0. The molecule has 0 amide bonds. The first kappa shape index (κ1) is 13.2. The van der Waals surface area contributed by atoms with Crippen molar-refractivity contribution in [2.24, 2.45) is 0 Å². The van der Waals surface area contributed by atoms with Gasteiger partial charge in [-0.3, -0.25) is 4.79 Å². The van der Waals surface area contributed by atoms with Gasteiger partial charge >= 0.3 is 0 Å². The Morgan fingerprint density at radius 2 is 1.35 bits per heavy atom. The molecule has 0 aliphatic rings. The Balaban J connectivity index is 0.000000181. The summed E-state index contributed by atoms with van der Waals surface area (Å²) in [5.74, 6) is 0.125. The molecule has 2 aromatic rings. The fourth-order valence-corrected chi connectivity index (χ4v) is 1.26. The van der Waals surface area contributed by atoms with E-state index in [2.05, 4.69) is 13.0 Å². The molecule has 0 aliphatic heterocycles. The van der Waals surface area contributed by atoms with Crippen LogP contribution in [0, 0.1) is 19.9 Å². The second kappa shape index (κ2) is 6.64. The summed E-state index contributed by atoms with van der Waals surface area (Å²) in [6, 6.07) is 18.4. The number of hydrogen-bond acceptors (Lipinski definition) is 1. The number of carbonyl (C=O) groups is 1. The third kappa shape index (κ3) is 5.12. The number of rotatable bonds is 1. The van der Waals surface area contributed by atoms with E-state index >= 15 is 0 Å². The van der Waals surface area contributed by atoms with Crippen molar-refractivity contribution in [3.8, 4) is 0 Å². The van der Waals surface area contributed by atoms with Crippen LogP contribution in [0.4, 0.5) is 0 Å². The van der Waals surface area contributed by atoms with Gasteiger partial charge < -0.3 is 0 Å². The van der Waals surface area contributed by atoms with Gasteiger partial charge in [0.15, 0.2) is 5.78 Å². The van der Waals surface area contributed by atoms with Crippen LogP contribution in [0.1, 0.15) is 28.4 Å². The van der Waals surface area contributed by atoms with Gasteiger partial charge in [-0.05, 0) is 26.8 Å². The highest BCUT2D eigenvalue weighted by atomic mass is 16.1. The summed E-state index contributed by atoms with van der Waals surface area (Å²) in [5.41, 5.74) is 3.26. The third-order valence-corrected chi connectivity index (χ3v) is 2.34. The van der Waals surface area contributed by atoms with Crippen LogP contribution in [0.3, 0.4) is 0 Å². The Morgan fingerprint density at radius 3 is 1.71 bits per heavy atom. The van der Waals surface area contributed by atoms with E-state index in [9.17, 15) is 4.79 Å². The molecule has 1 nitrogen and oxygen atoms in total. The topological polar surface area (TPSA) is 17.1 Å². The smallest absolute Gasteiger partial charge is 0.159 e. The standard InChI is InChI=1S/C9H10O.C7H7/c1-7-3-5-9(6-4-7)8(2)10;1-7-5-3-2-4-6-7/h3-6H,1-2H3;3-6H,1H3. The molecular weight excluding hydrogens is 208 g/mol. The molecule has 0 saturated carbocycles. The van der Waals surface area contributed by atoms with E-state index in [1.807, 2.05) is 55.5 Å². The number of benzene rings is 2. The molecule has 2 rings (SSSR count). The van der Waals surface area contributed by atoms with E-state index in [1.54, 1.807) is 6.92 Å². The third-order valence-electron chi connectivity index (χ3n) is 2.34. The zero-order valence-electron chi connectivity index (χ0n) is 10.5. The molecular formula is C16H17O. The first-order valence-electron chi connectivity index (χ1n) is 5.60. The minimum Gasteiger partial charge on any atom is -0.295 e. The van der Waals surface area contributed by atoms with E-state index in [0.29, 0.717) is 0 Å². The Bertz CT molecular complexity index is 455. The van der Waals surface area contributed by atoms with Crippen molar-refractivity contribution in [1.29, 1.82) is 0 Å². The Hall–Kier alpha value is -1.89. The van der Waals surface area contributed by atoms with Gasteiger partial charge in [0.25, 0.3) is 0 Å². The first-order chi connectivity index (χ1) is 8.09. The molecule has 0 fully saturated rings. The number of carbonyl (C=O) groups excluding carboxylic acids is 1. The van der Waals surface area contributed by atoms with Gasteiger partial charge in [0.2, 0.25) is 0 Å². The number of Topliss-reactive ketones (excluding diaryl/α,β-unsaturated/α-hetero) is 1. The monoisotopic (exact) mass is 225 g/mol. The molecule has 1 radical (unpaired) electrons. The van der Waals surface area contributed by atoms with Crippen LogP contribution < -0.4 is 0 Å². The summed E-state index contributed by atoms with van der Waals surface area (Å²) < 4.78 is 0. The average molecular weight is 225 g/mol. The average Bonchev–Trinajstić information content (AvgIpc) is 2.31. The lowest BCUT2D eigenvalue weighted by Gasteiger charge is -1.93. The van der Waals surface area contributed by atoms with Crippen LogP contribution in [0.15, 0.2) is 48.5 Å². The van der Waals surface area contributed by atoms with Gasteiger partial charge in [-0.2, -0.15) is 0 Å². The van der Waals surface area contributed by atoms with Crippen molar-refractivity contribution in [2.75, 3.05) is 0 Å². The second-order valence-electron chi connectivity index (χ2n) is 4.00. The first-order valence-corrected chi connectivity index (χ1v) is 5.60. The Morgan fingerprint density at radius 1 is 0.882 bits per heavy atom. The quantitative estimate of drug-likeness (QED) is 0.671. The van der Waals surface area contributed by atoms with Crippen molar-refractivity contribution in [1.82, 2.24) is 0 Å². The van der Waals surface area contributed by atoms with Crippen molar-refractivity contribution in [3.05, 3.63) is 71.3 Å². The summed E-state index contributed by atoms with van der Waals surface area (Å²) in [4.78, 5) is 10.8. The Kier molecular flexibility index (Phi) is 5.15. The molecule has 0 aliphatic carbocycles. The molecule has 87 valence electrons. The summed E-state index contributed by atoms with van der Waals surface area (Å²) in [7, 11) is 0. The lowest BCUT2D eigenvalue weighted by molar-refractivity contribution is 0.101. The van der Waals surface area contributed by atoms with Gasteiger partial charge in [-0.15, -0.1) is 0 Å². The van der Waals surface area contributed by atoms with Crippen molar-refractivity contribution < 1.29 is 4.79 Å². The van der Waals surface area contributed by atoms with E-state index in [1.165, 1.54) is 11.1 Å². The van der Waals surface area contributed by atoms with Gasteiger partial charge in [0, 0.05) is 5.56 Å². The minimum absolute atomic E-state index is 0.125. The number of aryl methyl sites for hydroxylation is 2. The molecule has 0 unspecified atom stereocenters. The van der Waals surface area contributed by atoms with Gasteiger partial charge in [0.1, 0.15) is 0 Å². The van der Waals surface area contributed by atoms with Crippen molar-refractivity contribution in [3.63, 3.8) is 0 Å². The van der Waals surface area contributed by atoms with Crippen LogP contribution in [0.2, 0.25) is 0 Å². The molecule has 0 atom stereocenters. The SMILES string of the molecule is CC(=O)c1ccc(C)cc1.Cc1cc[c]cc1. The van der Waals surface area contributed by atoms with E-state index in [4.69, 9.17) is 0 Å². The van der Waals surface area contributed by atoms with Crippen LogP contribution in [-0.2, 0) is 0 Å². The molecule has 2 aromatic carbocycles. The van der Waals surface area contributed by atoms with Crippen LogP contribution in [0.25, 0.3) is 0 Å². The summed E-state index contributed by atoms with van der Waals surface area (Å²) >= 11 is 0. The normalized spacial score (nSPS) is 9.12. The fraction of sp³-hybridized carbons (Fsp3) is 0.188.